The van der Waals surface area contributed by atoms with E-state index in [9.17, 15) is 4.79 Å². The summed E-state index contributed by atoms with van der Waals surface area (Å²) in [4.78, 5) is 11.7. The zero-order valence-corrected chi connectivity index (χ0v) is 10.6. The molecule has 18 heavy (non-hydrogen) atoms. The Morgan fingerprint density at radius 2 is 2.06 bits per heavy atom. The second kappa shape index (κ2) is 5.55. The molecule has 0 aliphatic heterocycles. The van der Waals surface area contributed by atoms with E-state index in [1.165, 1.54) is 0 Å². The maximum atomic E-state index is 11.7. The number of aromatic nitrogens is 2. The number of hydrogen-bond acceptors (Lipinski definition) is 2. The Hall–Kier alpha value is -2.01. The molecule has 0 saturated carbocycles. The number of nitrogens with zero attached hydrogens (tertiary/aromatic N) is 1. The van der Waals surface area contributed by atoms with Crippen LogP contribution in [0, 0.1) is 0 Å². The van der Waals surface area contributed by atoms with Gasteiger partial charge < -0.3 is 5.32 Å². The molecular weight excluding hydrogens is 252 g/mol. The number of nitrogens with one attached hydrogen (secondary N) is 3. The fourth-order valence-electron chi connectivity index (χ4n) is 1.50. The molecule has 2 rings (SSSR count). The molecule has 5 nitrogen and oxygen atoms in total. The fourth-order valence-corrected chi connectivity index (χ4v) is 1.62. The highest BCUT2D eigenvalue weighted by Crippen LogP contribution is 2.15. The van der Waals surface area contributed by atoms with Gasteiger partial charge in [-0.1, -0.05) is 18.5 Å². The van der Waals surface area contributed by atoms with Gasteiger partial charge in [-0.05, 0) is 30.7 Å². The Morgan fingerprint density at radius 1 is 1.33 bits per heavy atom. The Kier molecular flexibility index (Phi) is 3.84. The Labute approximate surface area is 110 Å². The highest BCUT2D eigenvalue weighted by molar-refractivity contribution is 6.30. The van der Waals surface area contributed by atoms with Crippen molar-refractivity contribution in [2.24, 2.45) is 0 Å². The number of benzene rings is 1. The highest BCUT2D eigenvalue weighted by Gasteiger charge is 2.07. The summed E-state index contributed by atoms with van der Waals surface area (Å²) in [5, 5.41) is 12.7. The maximum Gasteiger partial charge on any atom is 0.324 e. The molecule has 0 bridgehead atoms. The van der Waals surface area contributed by atoms with Crippen molar-refractivity contribution in [1.82, 2.24) is 10.2 Å². The molecule has 0 saturated heterocycles. The Morgan fingerprint density at radius 3 is 2.72 bits per heavy atom. The number of carbonyl (C=O) groups excluding carboxylic acids is 1. The van der Waals surface area contributed by atoms with Gasteiger partial charge in [0, 0.05) is 16.3 Å². The van der Waals surface area contributed by atoms with Gasteiger partial charge in [0.15, 0.2) is 0 Å². The van der Waals surface area contributed by atoms with E-state index in [-0.39, 0.29) is 6.03 Å². The number of halogens is 1. The number of urea groups is 1. The molecule has 0 spiro atoms. The number of H-pyrrole nitrogens is 1. The lowest BCUT2D eigenvalue weighted by atomic mass is 10.2. The van der Waals surface area contributed by atoms with Gasteiger partial charge in [-0.3, -0.25) is 10.4 Å². The summed E-state index contributed by atoms with van der Waals surface area (Å²) in [6, 6.07) is 6.57. The average molecular weight is 265 g/mol. The van der Waals surface area contributed by atoms with Crippen molar-refractivity contribution in [3.63, 3.8) is 0 Å². The van der Waals surface area contributed by atoms with Crippen LogP contribution in [0.25, 0.3) is 0 Å². The number of rotatable bonds is 3. The van der Waals surface area contributed by atoms with Gasteiger partial charge >= 0.3 is 6.03 Å². The summed E-state index contributed by atoms with van der Waals surface area (Å²) in [5.74, 6) is 0.615. The highest BCUT2D eigenvalue weighted by atomic mass is 35.5. The quantitative estimate of drug-likeness (QED) is 0.796. The first-order valence-electron chi connectivity index (χ1n) is 5.55. The number of aryl methyl sites for hydroxylation is 1. The van der Waals surface area contributed by atoms with Crippen molar-refractivity contribution < 1.29 is 4.79 Å². The molecule has 6 heteroatoms. The topological polar surface area (TPSA) is 69.8 Å². The first kappa shape index (κ1) is 12.4. The van der Waals surface area contributed by atoms with E-state index < -0.39 is 0 Å². The van der Waals surface area contributed by atoms with Crippen LogP contribution in [0.1, 0.15) is 12.5 Å². The molecule has 1 aromatic heterocycles. The van der Waals surface area contributed by atoms with Crippen LogP contribution in [0.15, 0.2) is 30.5 Å². The van der Waals surface area contributed by atoms with Crippen LogP contribution in [0.2, 0.25) is 5.02 Å². The maximum absolute atomic E-state index is 11.7. The van der Waals surface area contributed by atoms with E-state index in [0.717, 1.165) is 12.0 Å². The Bertz CT molecular complexity index is 535. The third kappa shape index (κ3) is 3.01. The van der Waals surface area contributed by atoms with Gasteiger partial charge in [-0.15, -0.1) is 0 Å². The minimum Gasteiger partial charge on any atom is -0.308 e. The molecule has 3 N–H and O–H groups in total. The van der Waals surface area contributed by atoms with E-state index in [4.69, 9.17) is 11.6 Å². The molecule has 0 unspecified atom stereocenters. The zero-order chi connectivity index (χ0) is 13.0. The second-order valence-corrected chi connectivity index (χ2v) is 4.15. The number of aromatic amines is 1. The molecule has 0 aliphatic rings. The van der Waals surface area contributed by atoms with Crippen LogP contribution in [0.4, 0.5) is 16.3 Å². The predicted octanol–water partition coefficient (Wildman–Crippen LogP) is 3.27. The predicted molar refractivity (Wildman–Crippen MR) is 72.1 cm³/mol. The van der Waals surface area contributed by atoms with Gasteiger partial charge in [0.05, 0.1) is 6.20 Å². The summed E-state index contributed by atoms with van der Waals surface area (Å²) >= 11 is 5.76. The van der Waals surface area contributed by atoms with E-state index in [2.05, 4.69) is 20.8 Å². The van der Waals surface area contributed by atoms with Crippen LogP contribution in [0.5, 0.6) is 0 Å². The third-order valence-corrected chi connectivity index (χ3v) is 2.69. The molecule has 2 amide bonds. The number of carbonyl (C=O) groups is 1. The molecule has 0 fully saturated rings. The van der Waals surface area contributed by atoms with Crippen molar-refractivity contribution in [2.75, 3.05) is 10.6 Å². The first-order valence-corrected chi connectivity index (χ1v) is 5.92. The summed E-state index contributed by atoms with van der Waals surface area (Å²) in [5.41, 5.74) is 1.63. The first-order chi connectivity index (χ1) is 8.69. The summed E-state index contributed by atoms with van der Waals surface area (Å²) in [7, 11) is 0. The van der Waals surface area contributed by atoms with Gasteiger partial charge in [-0.25, -0.2) is 4.79 Å². The van der Waals surface area contributed by atoms with Crippen molar-refractivity contribution >= 4 is 29.1 Å². The largest absolute Gasteiger partial charge is 0.324 e. The lowest BCUT2D eigenvalue weighted by molar-refractivity contribution is 0.262. The van der Waals surface area contributed by atoms with Crippen molar-refractivity contribution in [3.05, 3.63) is 41.0 Å². The standard InChI is InChI=1S/C12H13ClN4O/c1-2-8-7-14-17-11(8)16-12(18)15-10-5-3-9(13)4-6-10/h3-7H,2H2,1H3,(H3,14,15,16,17,18). The van der Waals surface area contributed by atoms with E-state index in [1.807, 2.05) is 6.92 Å². The molecule has 1 aromatic carbocycles. The van der Waals surface area contributed by atoms with E-state index in [0.29, 0.717) is 16.5 Å². The summed E-state index contributed by atoms with van der Waals surface area (Å²) in [6.07, 6.45) is 2.49. The van der Waals surface area contributed by atoms with Crippen molar-refractivity contribution in [3.8, 4) is 0 Å². The second-order valence-electron chi connectivity index (χ2n) is 3.71. The SMILES string of the molecule is CCc1cn[nH]c1NC(=O)Nc1ccc(Cl)cc1. The smallest absolute Gasteiger partial charge is 0.308 e. The average Bonchev–Trinajstić information content (AvgIpc) is 2.79. The molecule has 94 valence electrons. The van der Waals surface area contributed by atoms with E-state index in [1.54, 1.807) is 30.5 Å². The van der Waals surface area contributed by atoms with E-state index >= 15 is 0 Å². The zero-order valence-electron chi connectivity index (χ0n) is 9.83. The minimum absolute atomic E-state index is 0.323. The summed E-state index contributed by atoms with van der Waals surface area (Å²) in [6.45, 7) is 1.99. The van der Waals surface area contributed by atoms with Crippen LogP contribution < -0.4 is 10.6 Å². The van der Waals surface area contributed by atoms with Crippen LogP contribution in [0.3, 0.4) is 0 Å². The Balaban J connectivity index is 1.99. The third-order valence-electron chi connectivity index (χ3n) is 2.44. The molecule has 2 aromatic rings. The molecule has 0 atom stereocenters. The fraction of sp³-hybridized carbons (Fsp3) is 0.167. The lowest BCUT2D eigenvalue weighted by Gasteiger charge is -2.07. The van der Waals surface area contributed by atoms with Crippen molar-refractivity contribution in [2.45, 2.75) is 13.3 Å². The normalized spacial score (nSPS) is 10.1. The molecule has 0 aliphatic carbocycles. The van der Waals surface area contributed by atoms with Gasteiger partial charge in [0.25, 0.3) is 0 Å². The van der Waals surface area contributed by atoms with Crippen LogP contribution in [-0.4, -0.2) is 16.2 Å². The molecular formula is C12H13ClN4O. The molecule has 0 radical (unpaired) electrons. The van der Waals surface area contributed by atoms with Gasteiger partial charge in [-0.2, -0.15) is 5.10 Å². The van der Waals surface area contributed by atoms with Gasteiger partial charge in [0.2, 0.25) is 0 Å². The van der Waals surface area contributed by atoms with Crippen LogP contribution in [-0.2, 0) is 6.42 Å². The van der Waals surface area contributed by atoms with Crippen molar-refractivity contribution in [1.29, 1.82) is 0 Å². The summed E-state index contributed by atoms with van der Waals surface area (Å²) < 4.78 is 0. The number of amides is 2. The van der Waals surface area contributed by atoms with Gasteiger partial charge in [0.1, 0.15) is 5.82 Å². The monoisotopic (exact) mass is 264 g/mol. The lowest BCUT2D eigenvalue weighted by Crippen LogP contribution is -2.20. The number of hydrogen-bond donors (Lipinski definition) is 3. The minimum atomic E-state index is -0.323. The molecule has 1 heterocycles. The van der Waals surface area contributed by atoms with Crippen LogP contribution >= 0.6 is 11.6 Å². The number of anilines is 2.